The first-order valence-electron chi connectivity index (χ1n) is 14.9. The lowest BCUT2D eigenvalue weighted by atomic mass is 9.95. The number of ketones is 1. The van der Waals surface area contributed by atoms with E-state index in [1.165, 1.54) is 4.68 Å². The van der Waals surface area contributed by atoms with Gasteiger partial charge in [0.25, 0.3) is 0 Å². The zero-order chi connectivity index (χ0) is 30.9. The number of amides is 2. The lowest BCUT2D eigenvalue weighted by molar-refractivity contribution is -0.125. The Morgan fingerprint density at radius 1 is 0.953 bits per heavy atom. The van der Waals surface area contributed by atoms with Gasteiger partial charge in [-0.15, -0.1) is 5.10 Å². The number of ether oxygens (including phenoxy) is 1. The van der Waals surface area contributed by atoms with Crippen molar-refractivity contribution >= 4 is 23.3 Å². The number of rotatable bonds is 14. The molecule has 0 bridgehead atoms. The van der Waals surface area contributed by atoms with E-state index in [9.17, 15) is 19.5 Å². The number of aromatic nitrogens is 3. The van der Waals surface area contributed by atoms with Crippen molar-refractivity contribution in [1.82, 2.24) is 25.6 Å². The maximum absolute atomic E-state index is 13.6. The van der Waals surface area contributed by atoms with E-state index in [-0.39, 0.29) is 48.9 Å². The van der Waals surface area contributed by atoms with E-state index in [0.29, 0.717) is 55.4 Å². The third-order valence-electron chi connectivity index (χ3n) is 7.31. The number of carbonyl (C=O) groups is 3. The average Bonchev–Trinajstić information content (AvgIpc) is 3.42. The summed E-state index contributed by atoms with van der Waals surface area (Å²) in [6, 6.07) is 15.4. The van der Waals surface area contributed by atoms with Gasteiger partial charge >= 0.3 is 0 Å². The van der Waals surface area contributed by atoms with Crippen LogP contribution in [0.5, 0.6) is 0 Å². The molecule has 1 aromatic heterocycles. The summed E-state index contributed by atoms with van der Waals surface area (Å²) < 4.78 is 6.99. The molecule has 1 unspecified atom stereocenters. The van der Waals surface area contributed by atoms with Crippen LogP contribution in [0.15, 0.2) is 48.5 Å². The van der Waals surface area contributed by atoms with Crippen LogP contribution in [0.1, 0.15) is 58.7 Å². The molecular weight excluding hydrogens is 548 g/mol. The van der Waals surface area contributed by atoms with E-state index < -0.39 is 6.23 Å². The number of anilines is 1. The summed E-state index contributed by atoms with van der Waals surface area (Å²) in [5.41, 5.74) is 4.33. The summed E-state index contributed by atoms with van der Waals surface area (Å²) >= 11 is 0. The second-order valence-electron chi connectivity index (χ2n) is 11.3. The first-order chi connectivity index (χ1) is 20.7. The minimum absolute atomic E-state index is 0.0177. The van der Waals surface area contributed by atoms with Crippen LogP contribution < -0.4 is 15.5 Å². The molecule has 0 radical (unpaired) electrons. The van der Waals surface area contributed by atoms with Gasteiger partial charge < -0.3 is 25.4 Å². The molecular formula is C32H42N6O5. The number of benzene rings is 2. The monoisotopic (exact) mass is 590 g/mol. The van der Waals surface area contributed by atoms with Crippen molar-refractivity contribution in [3.63, 3.8) is 0 Å². The Kier molecular flexibility index (Phi) is 11.2. The van der Waals surface area contributed by atoms with Gasteiger partial charge in [0.15, 0.2) is 6.23 Å². The minimum atomic E-state index is -0.942. The molecule has 0 saturated carbocycles. The number of para-hydroxylation sites is 1. The third-order valence-corrected chi connectivity index (χ3v) is 7.31. The molecule has 2 heterocycles. The second-order valence-corrected chi connectivity index (χ2v) is 11.3. The van der Waals surface area contributed by atoms with Gasteiger partial charge in [-0.2, -0.15) is 0 Å². The number of nitrogens with zero attached hydrogens (tertiary/aromatic N) is 4. The van der Waals surface area contributed by atoms with E-state index in [4.69, 9.17) is 4.74 Å². The molecule has 4 rings (SSSR count). The van der Waals surface area contributed by atoms with Crippen LogP contribution in [0.4, 0.5) is 5.69 Å². The van der Waals surface area contributed by atoms with Gasteiger partial charge in [0.05, 0.1) is 25.4 Å². The highest BCUT2D eigenvalue weighted by Crippen LogP contribution is 2.41. The Morgan fingerprint density at radius 2 is 1.67 bits per heavy atom. The average molecular weight is 591 g/mol. The van der Waals surface area contributed by atoms with Crippen LogP contribution in [0.3, 0.4) is 0 Å². The van der Waals surface area contributed by atoms with Gasteiger partial charge in [-0.1, -0.05) is 75.4 Å². The van der Waals surface area contributed by atoms with Crippen molar-refractivity contribution in [2.24, 2.45) is 5.92 Å². The number of aliphatic hydroxyl groups is 1. The molecule has 230 valence electrons. The molecule has 0 saturated heterocycles. The molecule has 0 spiro atoms. The van der Waals surface area contributed by atoms with Crippen LogP contribution in [0.25, 0.3) is 22.5 Å². The number of fused-ring (bicyclic) bond motifs is 5. The van der Waals surface area contributed by atoms with Crippen molar-refractivity contribution < 1.29 is 24.2 Å². The maximum Gasteiger partial charge on any atom is 0.227 e. The first kappa shape index (κ1) is 32.0. The fraction of sp³-hybridized carbons (Fsp3) is 0.469. The predicted octanol–water partition coefficient (Wildman–Crippen LogP) is 3.48. The molecule has 11 heteroatoms. The lowest BCUT2D eigenvalue weighted by Crippen LogP contribution is -2.34. The highest BCUT2D eigenvalue weighted by molar-refractivity contribution is 6.01. The molecule has 0 aliphatic carbocycles. The van der Waals surface area contributed by atoms with Gasteiger partial charge in [-0.25, -0.2) is 4.68 Å². The number of hydrogen-bond donors (Lipinski definition) is 3. The summed E-state index contributed by atoms with van der Waals surface area (Å²) in [5, 5.41) is 25.9. The highest BCUT2D eigenvalue weighted by Gasteiger charge is 2.30. The van der Waals surface area contributed by atoms with E-state index in [1.54, 1.807) is 4.90 Å². The van der Waals surface area contributed by atoms with Crippen LogP contribution in [0, 0.1) is 5.92 Å². The Hall–Kier alpha value is -3.93. The van der Waals surface area contributed by atoms with Crippen LogP contribution in [-0.4, -0.2) is 70.0 Å². The molecule has 2 amide bonds. The van der Waals surface area contributed by atoms with Crippen molar-refractivity contribution in [1.29, 1.82) is 0 Å². The van der Waals surface area contributed by atoms with Gasteiger partial charge in [-0.3, -0.25) is 14.4 Å². The van der Waals surface area contributed by atoms with Crippen LogP contribution in [-0.2, 0) is 25.7 Å². The summed E-state index contributed by atoms with van der Waals surface area (Å²) in [4.78, 5) is 39.5. The quantitative estimate of drug-likeness (QED) is 0.243. The zero-order valence-corrected chi connectivity index (χ0v) is 25.4. The van der Waals surface area contributed by atoms with Crippen molar-refractivity contribution in [3.8, 4) is 22.5 Å². The summed E-state index contributed by atoms with van der Waals surface area (Å²) in [7, 11) is 0. The maximum atomic E-state index is 13.6. The summed E-state index contributed by atoms with van der Waals surface area (Å²) in [6.45, 7) is 9.23. The highest BCUT2D eigenvalue weighted by atomic mass is 16.5. The SMILES string of the molecule is CC(C)NCC(O)n1nnc2c1-c1ccccc1CN(C(=O)CCC(=O)NCCOCCC(=O)C(C)C)c1ccccc1-2. The topological polar surface area (TPSA) is 139 Å². The number of Topliss-reactive ketones (excluding diaryl/α,β-unsaturated/α-hetero) is 1. The van der Waals surface area contributed by atoms with Gasteiger partial charge in [0.2, 0.25) is 11.8 Å². The van der Waals surface area contributed by atoms with Gasteiger partial charge in [0.1, 0.15) is 17.2 Å². The Balaban J connectivity index is 1.48. The predicted molar refractivity (Wildman–Crippen MR) is 164 cm³/mol. The lowest BCUT2D eigenvalue weighted by Gasteiger charge is -2.29. The summed E-state index contributed by atoms with van der Waals surface area (Å²) in [5.74, 6) is -0.313. The van der Waals surface area contributed by atoms with Crippen LogP contribution >= 0.6 is 0 Å². The molecule has 3 aromatic rings. The fourth-order valence-electron chi connectivity index (χ4n) is 4.91. The molecule has 43 heavy (non-hydrogen) atoms. The normalized spacial score (nSPS) is 13.1. The third kappa shape index (κ3) is 8.13. The molecule has 3 N–H and O–H groups in total. The molecule has 1 aliphatic rings. The number of carbonyl (C=O) groups excluding carboxylic acids is 3. The van der Waals surface area contributed by atoms with E-state index in [1.807, 2.05) is 76.2 Å². The van der Waals surface area contributed by atoms with Crippen molar-refractivity contribution in [3.05, 3.63) is 54.1 Å². The molecule has 2 aromatic carbocycles. The fourth-order valence-corrected chi connectivity index (χ4v) is 4.91. The van der Waals surface area contributed by atoms with E-state index in [2.05, 4.69) is 20.9 Å². The van der Waals surface area contributed by atoms with E-state index >= 15 is 0 Å². The molecule has 11 nitrogen and oxygen atoms in total. The minimum Gasteiger partial charge on any atom is -0.379 e. The van der Waals surface area contributed by atoms with Crippen LogP contribution in [0.2, 0.25) is 0 Å². The number of nitrogens with one attached hydrogen (secondary N) is 2. The first-order valence-corrected chi connectivity index (χ1v) is 14.9. The smallest absolute Gasteiger partial charge is 0.227 e. The van der Waals surface area contributed by atoms with E-state index in [0.717, 1.165) is 11.1 Å². The Bertz CT molecular complexity index is 1420. The molecule has 1 aliphatic heterocycles. The van der Waals surface area contributed by atoms with Crippen molar-refractivity contribution in [2.45, 2.75) is 65.8 Å². The Labute approximate surface area is 252 Å². The number of hydrogen-bond acceptors (Lipinski definition) is 8. The molecule has 1 atom stereocenters. The van der Waals surface area contributed by atoms with Crippen molar-refractivity contribution in [2.75, 3.05) is 31.2 Å². The van der Waals surface area contributed by atoms with Gasteiger partial charge in [0, 0.05) is 55.4 Å². The summed E-state index contributed by atoms with van der Waals surface area (Å²) in [6.07, 6.45) is -0.538. The number of aliphatic hydroxyl groups excluding tert-OH is 1. The largest absolute Gasteiger partial charge is 0.379 e. The second kappa shape index (κ2) is 15.0. The standard InChI is InChI=1S/C32H42N6O5/c1-21(2)27(39)15-17-43-18-16-33-28(40)13-14-29(41)37-20-23-9-5-6-10-24(23)32-31(25-11-7-8-12-26(25)37)35-36-38(32)30(42)19-34-22(3)4/h5-12,21-22,30,34,42H,13-20H2,1-4H3,(H,33,40). The van der Waals surface area contributed by atoms with Gasteiger partial charge in [-0.05, 0) is 11.6 Å². The Morgan fingerprint density at radius 3 is 2.42 bits per heavy atom. The zero-order valence-electron chi connectivity index (χ0n) is 25.4. The molecule has 0 fully saturated rings.